The van der Waals surface area contributed by atoms with E-state index in [-0.39, 0.29) is 24.3 Å². The van der Waals surface area contributed by atoms with E-state index in [0.29, 0.717) is 6.42 Å². The molecule has 1 N–H and O–H groups in total. The number of aliphatic hydroxyl groups excluding tert-OH is 1. The number of hydrogen-bond donors (Lipinski definition) is 1. The van der Waals surface area contributed by atoms with Crippen LogP contribution < -0.4 is 0 Å². The minimum atomic E-state index is -0.359. The van der Waals surface area contributed by atoms with E-state index in [1.54, 1.807) is 11.8 Å². The highest BCUT2D eigenvalue weighted by molar-refractivity contribution is 5.68. The molecule has 0 spiro atoms. The van der Waals surface area contributed by atoms with Crippen LogP contribution in [0, 0.1) is 0 Å². The van der Waals surface area contributed by atoms with E-state index in [2.05, 4.69) is 0 Å². The SMILES string of the molecule is CC(O)CC1CCCN1C(=O)OC(C)C. The summed E-state index contributed by atoms with van der Waals surface area (Å²) in [6.45, 7) is 6.20. The molecule has 4 heteroatoms. The normalized spacial score (nSPS) is 23.3. The number of hydrogen-bond acceptors (Lipinski definition) is 3. The number of likely N-dealkylation sites (tertiary alicyclic amines) is 1. The van der Waals surface area contributed by atoms with Gasteiger partial charge >= 0.3 is 6.09 Å². The quantitative estimate of drug-likeness (QED) is 0.780. The summed E-state index contributed by atoms with van der Waals surface area (Å²) in [6.07, 6.45) is 1.94. The van der Waals surface area contributed by atoms with Crippen molar-refractivity contribution in [3.63, 3.8) is 0 Å². The topological polar surface area (TPSA) is 49.8 Å². The Morgan fingerprint density at radius 3 is 2.73 bits per heavy atom. The van der Waals surface area contributed by atoms with Crippen molar-refractivity contribution in [1.29, 1.82) is 0 Å². The van der Waals surface area contributed by atoms with Crippen molar-refractivity contribution >= 4 is 6.09 Å². The van der Waals surface area contributed by atoms with Crippen molar-refractivity contribution < 1.29 is 14.6 Å². The third-order valence-electron chi connectivity index (χ3n) is 2.56. The third-order valence-corrected chi connectivity index (χ3v) is 2.56. The smallest absolute Gasteiger partial charge is 0.410 e. The first-order valence-electron chi connectivity index (χ1n) is 5.66. The van der Waals surface area contributed by atoms with Crippen LogP contribution in [0.25, 0.3) is 0 Å². The van der Waals surface area contributed by atoms with Gasteiger partial charge in [0.15, 0.2) is 0 Å². The summed E-state index contributed by atoms with van der Waals surface area (Å²) < 4.78 is 5.15. The van der Waals surface area contributed by atoms with E-state index < -0.39 is 0 Å². The summed E-state index contributed by atoms with van der Waals surface area (Å²) in [5, 5.41) is 9.32. The van der Waals surface area contributed by atoms with Gasteiger partial charge in [0.05, 0.1) is 12.2 Å². The number of aliphatic hydroxyl groups is 1. The number of amides is 1. The molecule has 0 saturated carbocycles. The van der Waals surface area contributed by atoms with Gasteiger partial charge in [-0.1, -0.05) is 0 Å². The highest BCUT2D eigenvalue weighted by Gasteiger charge is 2.30. The molecule has 1 aliphatic rings. The molecule has 0 aromatic rings. The molecule has 0 aliphatic carbocycles. The largest absolute Gasteiger partial charge is 0.447 e. The Balaban J connectivity index is 2.48. The summed E-state index contributed by atoms with van der Waals surface area (Å²) >= 11 is 0. The first kappa shape index (κ1) is 12.3. The lowest BCUT2D eigenvalue weighted by Gasteiger charge is -2.25. The molecule has 1 saturated heterocycles. The maximum atomic E-state index is 11.7. The lowest BCUT2D eigenvalue weighted by molar-refractivity contribution is 0.0641. The molecule has 0 radical (unpaired) electrons. The second-order valence-corrected chi connectivity index (χ2v) is 4.51. The molecule has 1 amide bonds. The van der Waals surface area contributed by atoms with Crippen LogP contribution in [-0.4, -0.2) is 40.9 Å². The molecule has 1 aliphatic heterocycles. The minimum absolute atomic E-state index is 0.0784. The molecular formula is C11H21NO3. The highest BCUT2D eigenvalue weighted by atomic mass is 16.6. The standard InChI is InChI=1S/C11H21NO3/c1-8(2)15-11(14)12-6-4-5-10(12)7-9(3)13/h8-10,13H,4-7H2,1-3H3. The van der Waals surface area contributed by atoms with E-state index >= 15 is 0 Å². The first-order chi connectivity index (χ1) is 7.00. The zero-order chi connectivity index (χ0) is 11.4. The molecule has 15 heavy (non-hydrogen) atoms. The average molecular weight is 215 g/mol. The number of nitrogens with zero attached hydrogens (tertiary/aromatic N) is 1. The Morgan fingerprint density at radius 1 is 1.53 bits per heavy atom. The monoisotopic (exact) mass is 215 g/mol. The fourth-order valence-corrected chi connectivity index (χ4v) is 1.98. The molecule has 1 fully saturated rings. The Hall–Kier alpha value is -0.770. The summed E-state index contributed by atoms with van der Waals surface area (Å²) in [7, 11) is 0. The maximum absolute atomic E-state index is 11.7. The van der Waals surface area contributed by atoms with Gasteiger partial charge < -0.3 is 14.7 Å². The number of carbonyl (C=O) groups is 1. The van der Waals surface area contributed by atoms with Gasteiger partial charge in [0.2, 0.25) is 0 Å². The Labute approximate surface area is 91.2 Å². The minimum Gasteiger partial charge on any atom is -0.447 e. The molecule has 88 valence electrons. The van der Waals surface area contributed by atoms with Crippen LogP contribution in [0.5, 0.6) is 0 Å². The van der Waals surface area contributed by atoms with Crippen molar-refractivity contribution in [2.75, 3.05) is 6.54 Å². The van der Waals surface area contributed by atoms with Crippen LogP contribution in [0.15, 0.2) is 0 Å². The summed E-state index contributed by atoms with van der Waals surface area (Å²) in [6, 6.07) is 0.149. The van der Waals surface area contributed by atoms with Crippen LogP contribution in [0.4, 0.5) is 4.79 Å². The fraction of sp³-hybridized carbons (Fsp3) is 0.909. The van der Waals surface area contributed by atoms with Crippen molar-refractivity contribution in [3.05, 3.63) is 0 Å². The molecule has 1 heterocycles. The van der Waals surface area contributed by atoms with Gasteiger partial charge in [-0.25, -0.2) is 4.79 Å². The highest BCUT2D eigenvalue weighted by Crippen LogP contribution is 2.22. The molecule has 0 aromatic heterocycles. The summed E-state index contributed by atoms with van der Waals surface area (Å²) in [5.41, 5.74) is 0. The average Bonchev–Trinajstić information content (AvgIpc) is 2.49. The van der Waals surface area contributed by atoms with Crippen molar-refractivity contribution in [1.82, 2.24) is 4.90 Å². The number of carbonyl (C=O) groups excluding carboxylic acids is 1. The van der Waals surface area contributed by atoms with Gasteiger partial charge in [0.25, 0.3) is 0 Å². The van der Waals surface area contributed by atoms with E-state index in [1.165, 1.54) is 0 Å². The fourth-order valence-electron chi connectivity index (χ4n) is 1.98. The molecule has 2 unspecified atom stereocenters. The van der Waals surface area contributed by atoms with Gasteiger partial charge in [-0.2, -0.15) is 0 Å². The molecule has 0 bridgehead atoms. The predicted octanol–water partition coefficient (Wildman–Crippen LogP) is 1.77. The molecule has 1 rings (SSSR count). The van der Waals surface area contributed by atoms with Crippen molar-refractivity contribution in [3.8, 4) is 0 Å². The number of ether oxygens (including phenoxy) is 1. The van der Waals surface area contributed by atoms with Gasteiger partial charge in [-0.3, -0.25) is 0 Å². The van der Waals surface area contributed by atoms with E-state index in [1.807, 2.05) is 13.8 Å². The van der Waals surface area contributed by atoms with Gasteiger partial charge in [0.1, 0.15) is 0 Å². The third kappa shape index (κ3) is 3.70. The van der Waals surface area contributed by atoms with Gasteiger partial charge in [0, 0.05) is 12.6 Å². The van der Waals surface area contributed by atoms with Crippen molar-refractivity contribution in [2.24, 2.45) is 0 Å². The zero-order valence-corrected chi connectivity index (χ0v) is 9.77. The molecule has 2 atom stereocenters. The number of rotatable bonds is 3. The van der Waals surface area contributed by atoms with Crippen molar-refractivity contribution in [2.45, 2.75) is 58.3 Å². The molecule has 4 nitrogen and oxygen atoms in total. The maximum Gasteiger partial charge on any atom is 0.410 e. The Bertz CT molecular complexity index is 216. The van der Waals surface area contributed by atoms with E-state index in [4.69, 9.17) is 4.74 Å². The van der Waals surface area contributed by atoms with Crippen LogP contribution in [0.2, 0.25) is 0 Å². The Kier molecular flexibility index (Phi) is 4.39. The first-order valence-corrected chi connectivity index (χ1v) is 5.66. The van der Waals surface area contributed by atoms with Crippen LogP contribution in [0.3, 0.4) is 0 Å². The van der Waals surface area contributed by atoms with Crippen LogP contribution >= 0.6 is 0 Å². The Morgan fingerprint density at radius 2 is 2.20 bits per heavy atom. The second kappa shape index (κ2) is 5.35. The van der Waals surface area contributed by atoms with E-state index in [0.717, 1.165) is 19.4 Å². The lowest BCUT2D eigenvalue weighted by atomic mass is 10.1. The molecular weight excluding hydrogens is 194 g/mol. The summed E-state index contributed by atoms with van der Waals surface area (Å²) in [5.74, 6) is 0. The lowest BCUT2D eigenvalue weighted by Crippen LogP contribution is -2.38. The molecule has 0 aromatic carbocycles. The van der Waals surface area contributed by atoms with Crippen LogP contribution in [0.1, 0.15) is 40.0 Å². The van der Waals surface area contributed by atoms with E-state index in [9.17, 15) is 9.90 Å². The second-order valence-electron chi connectivity index (χ2n) is 4.51. The van der Waals surface area contributed by atoms with Crippen LogP contribution in [-0.2, 0) is 4.74 Å². The summed E-state index contributed by atoms with van der Waals surface area (Å²) in [4.78, 5) is 13.4. The van der Waals surface area contributed by atoms with Gasteiger partial charge in [-0.15, -0.1) is 0 Å². The zero-order valence-electron chi connectivity index (χ0n) is 9.77. The predicted molar refractivity (Wildman–Crippen MR) is 57.6 cm³/mol. The van der Waals surface area contributed by atoms with Gasteiger partial charge in [-0.05, 0) is 40.0 Å².